The molecule has 0 unspecified atom stereocenters. The first kappa shape index (κ1) is 19.7. The minimum atomic E-state index is -0.513. The molecule has 1 aromatic rings. The van der Waals surface area contributed by atoms with Crippen molar-refractivity contribution in [3.05, 3.63) is 23.3 Å². The third-order valence-electron chi connectivity index (χ3n) is 3.21. The maximum atomic E-state index is 12.0. The number of nitrogens with one attached hydrogen (secondary N) is 2. The van der Waals surface area contributed by atoms with E-state index < -0.39 is 11.9 Å². The molecular weight excluding hydrogens is 316 g/mol. The van der Waals surface area contributed by atoms with Gasteiger partial charge in [0.1, 0.15) is 0 Å². The van der Waals surface area contributed by atoms with Gasteiger partial charge in [-0.2, -0.15) is 0 Å². The van der Waals surface area contributed by atoms with Crippen LogP contribution in [0.3, 0.4) is 0 Å². The van der Waals surface area contributed by atoms with E-state index in [0.29, 0.717) is 48.8 Å². The number of ether oxygens (including phenoxy) is 4. The molecule has 0 aliphatic carbocycles. The van der Waals surface area contributed by atoms with E-state index in [1.165, 1.54) is 14.2 Å². The molecule has 0 saturated heterocycles. The predicted molar refractivity (Wildman–Crippen MR) is 89.9 cm³/mol. The minimum Gasteiger partial charge on any atom is -0.465 e. The van der Waals surface area contributed by atoms with Gasteiger partial charge in [0, 0.05) is 38.7 Å². The van der Waals surface area contributed by atoms with Crippen LogP contribution in [-0.4, -0.2) is 66.7 Å². The monoisotopic (exact) mass is 340 g/mol. The second-order valence-electron chi connectivity index (χ2n) is 4.77. The molecule has 0 radical (unpaired) electrons. The fourth-order valence-corrected chi connectivity index (χ4v) is 2.03. The van der Waals surface area contributed by atoms with Crippen molar-refractivity contribution in [2.75, 3.05) is 65.4 Å². The van der Waals surface area contributed by atoms with Gasteiger partial charge in [0.25, 0.3) is 0 Å². The number of esters is 2. The number of rotatable bonds is 10. The van der Waals surface area contributed by atoms with Crippen molar-refractivity contribution in [3.63, 3.8) is 0 Å². The molecule has 0 bridgehead atoms. The summed E-state index contributed by atoms with van der Waals surface area (Å²) in [5.74, 6) is -1.03. The van der Waals surface area contributed by atoms with Crippen LogP contribution in [-0.2, 0) is 18.9 Å². The van der Waals surface area contributed by atoms with E-state index in [0.717, 1.165) is 0 Å². The summed E-state index contributed by atoms with van der Waals surface area (Å²) >= 11 is 0. The van der Waals surface area contributed by atoms with Crippen LogP contribution in [0, 0.1) is 0 Å². The molecule has 0 fully saturated rings. The molecule has 8 nitrogen and oxygen atoms in total. The van der Waals surface area contributed by atoms with Gasteiger partial charge >= 0.3 is 11.9 Å². The highest BCUT2D eigenvalue weighted by Gasteiger charge is 2.20. The molecule has 0 aliphatic heterocycles. The Balaban J connectivity index is 3.24. The summed E-state index contributed by atoms with van der Waals surface area (Å²) in [7, 11) is 5.75. The van der Waals surface area contributed by atoms with Crippen molar-refractivity contribution in [1.29, 1.82) is 0 Å². The van der Waals surface area contributed by atoms with Crippen molar-refractivity contribution in [1.82, 2.24) is 0 Å². The first-order valence-corrected chi connectivity index (χ1v) is 7.39. The molecule has 1 aromatic carbocycles. The third-order valence-corrected chi connectivity index (χ3v) is 3.21. The molecule has 24 heavy (non-hydrogen) atoms. The SMILES string of the molecule is COCCNc1cc(C(=O)OC)c(NCCOC)cc1C(=O)OC. The topological polar surface area (TPSA) is 95.1 Å². The summed E-state index contributed by atoms with van der Waals surface area (Å²) in [6, 6.07) is 3.12. The zero-order chi connectivity index (χ0) is 17.9. The first-order chi connectivity index (χ1) is 11.6. The molecule has 8 heteroatoms. The Morgan fingerprint density at radius 1 is 0.792 bits per heavy atom. The lowest BCUT2D eigenvalue weighted by Crippen LogP contribution is -2.17. The maximum Gasteiger partial charge on any atom is 0.340 e. The average molecular weight is 340 g/mol. The number of benzene rings is 1. The summed E-state index contributed by atoms with van der Waals surface area (Å²) in [6.45, 7) is 1.83. The highest BCUT2D eigenvalue weighted by molar-refractivity contribution is 6.03. The van der Waals surface area contributed by atoms with Crippen molar-refractivity contribution >= 4 is 23.3 Å². The molecule has 0 amide bonds. The van der Waals surface area contributed by atoms with Crippen molar-refractivity contribution in [3.8, 4) is 0 Å². The van der Waals surface area contributed by atoms with Crippen molar-refractivity contribution in [2.45, 2.75) is 0 Å². The number of hydrogen-bond acceptors (Lipinski definition) is 8. The van der Waals surface area contributed by atoms with Crippen LogP contribution in [0.2, 0.25) is 0 Å². The van der Waals surface area contributed by atoms with E-state index in [4.69, 9.17) is 18.9 Å². The first-order valence-electron chi connectivity index (χ1n) is 7.39. The predicted octanol–water partition coefficient (Wildman–Crippen LogP) is 1.38. The zero-order valence-electron chi connectivity index (χ0n) is 14.4. The van der Waals surface area contributed by atoms with Gasteiger partial charge in [0.05, 0.1) is 38.6 Å². The molecule has 0 saturated carbocycles. The number of carbonyl (C=O) groups is 2. The Morgan fingerprint density at radius 2 is 1.17 bits per heavy atom. The molecule has 0 aromatic heterocycles. The van der Waals surface area contributed by atoms with Crippen LogP contribution < -0.4 is 10.6 Å². The van der Waals surface area contributed by atoms with Gasteiger partial charge in [-0.15, -0.1) is 0 Å². The maximum absolute atomic E-state index is 12.0. The van der Waals surface area contributed by atoms with Gasteiger partial charge < -0.3 is 29.6 Å². The number of methoxy groups -OCH3 is 4. The van der Waals surface area contributed by atoms with E-state index in [1.807, 2.05) is 0 Å². The standard InChI is InChI=1S/C16H24N2O6/c1-21-7-5-17-13-9-12(16(20)24-4)14(18-6-8-22-2)10-11(13)15(19)23-3/h9-10,17-18H,5-8H2,1-4H3. The van der Waals surface area contributed by atoms with E-state index in [9.17, 15) is 9.59 Å². The smallest absolute Gasteiger partial charge is 0.340 e. The molecule has 1 rings (SSSR count). The zero-order valence-corrected chi connectivity index (χ0v) is 14.4. The van der Waals surface area contributed by atoms with Crippen molar-refractivity contribution in [2.24, 2.45) is 0 Å². The average Bonchev–Trinajstić information content (AvgIpc) is 2.61. The second kappa shape index (κ2) is 10.5. The molecule has 0 heterocycles. The van der Waals surface area contributed by atoms with Crippen LogP contribution in [0.4, 0.5) is 11.4 Å². The van der Waals surface area contributed by atoms with Gasteiger partial charge in [-0.05, 0) is 12.1 Å². The van der Waals surface area contributed by atoms with E-state index in [2.05, 4.69) is 10.6 Å². The Hall–Kier alpha value is -2.32. The Bertz CT molecular complexity index is 512. The summed E-state index contributed by atoms with van der Waals surface area (Å²) in [5.41, 5.74) is 1.55. The Kier molecular flexibility index (Phi) is 8.59. The quantitative estimate of drug-likeness (QED) is 0.487. The molecular formula is C16H24N2O6. The van der Waals surface area contributed by atoms with Gasteiger partial charge in [0.15, 0.2) is 0 Å². The molecule has 0 spiro atoms. The van der Waals surface area contributed by atoms with Crippen molar-refractivity contribution < 1.29 is 28.5 Å². The van der Waals surface area contributed by atoms with Gasteiger partial charge in [-0.3, -0.25) is 0 Å². The lowest BCUT2D eigenvalue weighted by molar-refractivity contribution is 0.0588. The van der Waals surface area contributed by atoms with Crippen LogP contribution >= 0.6 is 0 Å². The minimum absolute atomic E-state index is 0.307. The molecule has 0 aliphatic rings. The van der Waals surface area contributed by atoms with E-state index >= 15 is 0 Å². The van der Waals surface area contributed by atoms with Crippen LogP contribution in [0.1, 0.15) is 20.7 Å². The third kappa shape index (κ3) is 5.39. The summed E-state index contributed by atoms with van der Waals surface area (Å²) in [4.78, 5) is 24.1. The van der Waals surface area contributed by atoms with Gasteiger partial charge in [-0.25, -0.2) is 9.59 Å². The Morgan fingerprint density at radius 3 is 1.46 bits per heavy atom. The number of hydrogen-bond donors (Lipinski definition) is 2. The lowest BCUT2D eigenvalue weighted by atomic mass is 10.1. The normalized spacial score (nSPS) is 10.2. The molecule has 134 valence electrons. The lowest BCUT2D eigenvalue weighted by Gasteiger charge is -2.16. The number of anilines is 2. The Labute approximate surface area is 141 Å². The van der Waals surface area contributed by atoms with Gasteiger partial charge in [0.2, 0.25) is 0 Å². The van der Waals surface area contributed by atoms with Crippen LogP contribution in [0.5, 0.6) is 0 Å². The van der Waals surface area contributed by atoms with E-state index in [1.54, 1.807) is 26.4 Å². The summed E-state index contributed by atoms with van der Waals surface area (Å²) < 4.78 is 19.6. The van der Waals surface area contributed by atoms with Gasteiger partial charge in [-0.1, -0.05) is 0 Å². The van der Waals surface area contributed by atoms with Crippen LogP contribution in [0.15, 0.2) is 12.1 Å². The highest BCUT2D eigenvalue weighted by Crippen LogP contribution is 2.27. The summed E-state index contributed by atoms with van der Waals surface area (Å²) in [5, 5.41) is 6.11. The number of carbonyl (C=O) groups excluding carboxylic acids is 2. The van der Waals surface area contributed by atoms with Crippen LogP contribution in [0.25, 0.3) is 0 Å². The summed E-state index contributed by atoms with van der Waals surface area (Å²) in [6.07, 6.45) is 0. The fraction of sp³-hybridized carbons (Fsp3) is 0.500. The molecule has 0 atom stereocenters. The largest absolute Gasteiger partial charge is 0.465 e. The second-order valence-corrected chi connectivity index (χ2v) is 4.77. The fourth-order valence-electron chi connectivity index (χ4n) is 2.03. The van der Waals surface area contributed by atoms with E-state index in [-0.39, 0.29) is 0 Å². The highest BCUT2D eigenvalue weighted by atomic mass is 16.5. The molecule has 2 N–H and O–H groups in total.